The van der Waals surface area contributed by atoms with Crippen LogP contribution in [0.4, 0.5) is 8.78 Å². The summed E-state index contributed by atoms with van der Waals surface area (Å²) in [5.41, 5.74) is 4.80. The molecule has 2 saturated carbocycles. The summed E-state index contributed by atoms with van der Waals surface area (Å²) in [6, 6.07) is 13.9. The number of oxazole rings is 1. The molecule has 210 valence electrons. The third-order valence-corrected chi connectivity index (χ3v) is 8.48. The lowest BCUT2D eigenvalue weighted by molar-refractivity contribution is -0.0329. The second kappa shape index (κ2) is 9.85. The number of nitrogens with zero attached hydrogens (tertiary/aromatic N) is 4. The predicted molar refractivity (Wildman–Crippen MR) is 152 cm³/mol. The van der Waals surface area contributed by atoms with Gasteiger partial charge >= 0.3 is 0 Å². The highest BCUT2D eigenvalue weighted by Gasteiger charge is 2.34. The van der Waals surface area contributed by atoms with E-state index in [4.69, 9.17) is 9.40 Å². The van der Waals surface area contributed by atoms with Gasteiger partial charge in [-0.05, 0) is 104 Å². The maximum absolute atomic E-state index is 15.3. The fourth-order valence-electron chi connectivity index (χ4n) is 5.67. The first kappa shape index (κ1) is 26.0. The summed E-state index contributed by atoms with van der Waals surface area (Å²) < 4.78 is 37.4. The van der Waals surface area contributed by atoms with Crippen molar-refractivity contribution >= 4 is 11.1 Å². The van der Waals surface area contributed by atoms with Crippen molar-refractivity contribution < 1.29 is 18.3 Å². The maximum atomic E-state index is 15.3. The van der Waals surface area contributed by atoms with Gasteiger partial charge in [-0.2, -0.15) is 0 Å². The minimum Gasteiger partial charge on any atom is -0.433 e. The van der Waals surface area contributed by atoms with Crippen molar-refractivity contribution in [3.63, 3.8) is 0 Å². The van der Waals surface area contributed by atoms with Gasteiger partial charge in [0.2, 0.25) is 5.89 Å². The molecular weight excluding hydrogens is 524 g/mol. The van der Waals surface area contributed by atoms with E-state index in [1.165, 1.54) is 18.2 Å². The number of hydrogen-bond donors (Lipinski definition) is 2. The lowest BCUT2D eigenvalue weighted by Gasteiger charge is -2.37. The SMILES string of the molecule is C[C@H](NCC1(O)CCC1)c1cc(F)c2oc(-c3cc(-c4ccc(F)cc4-c4nncn4C)cc(C4CC4)c3)nc2c1. The number of aromatic nitrogens is 4. The van der Waals surface area contributed by atoms with Crippen LogP contribution < -0.4 is 5.32 Å². The Morgan fingerprint density at radius 3 is 2.59 bits per heavy atom. The lowest BCUT2D eigenvalue weighted by atomic mass is 9.80. The van der Waals surface area contributed by atoms with Crippen molar-refractivity contribution in [3.8, 4) is 34.0 Å². The Hall–Kier alpha value is -3.95. The molecule has 2 aliphatic carbocycles. The first-order chi connectivity index (χ1) is 19.8. The molecule has 7 rings (SSSR count). The summed E-state index contributed by atoms with van der Waals surface area (Å²) in [4.78, 5) is 4.71. The molecule has 0 radical (unpaired) electrons. The molecule has 5 aromatic rings. The van der Waals surface area contributed by atoms with Crippen LogP contribution in [-0.4, -0.2) is 37.0 Å². The average Bonchev–Trinajstić information content (AvgIpc) is 3.56. The number of fused-ring (bicyclic) bond motifs is 1. The molecule has 3 aromatic carbocycles. The molecule has 0 aliphatic heterocycles. The van der Waals surface area contributed by atoms with Crippen molar-refractivity contribution in [1.29, 1.82) is 0 Å². The summed E-state index contributed by atoms with van der Waals surface area (Å²) in [7, 11) is 1.82. The number of aryl methyl sites for hydroxylation is 1. The highest BCUT2D eigenvalue weighted by Crippen LogP contribution is 2.44. The van der Waals surface area contributed by atoms with E-state index in [9.17, 15) is 9.50 Å². The van der Waals surface area contributed by atoms with Crippen LogP contribution >= 0.6 is 0 Å². The highest BCUT2D eigenvalue weighted by atomic mass is 19.1. The van der Waals surface area contributed by atoms with Gasteiger partial charge in [-0.3, -0.25) is 0 Å². The first-order valence-corrected chi connectivity index (χ1v) is 14.1. The molecule has 7 nitrogen and oxygen atoms in total. The Balaban J connectivity index is 1.28. The van der Waals surface area contributed by atoms with E-state index in [1.807, 2.05) is 26.1 Å². The van der Waals surface area contributed by atoms with E-state index in [1.54, 1.807) is 17.0 Å². The lowest BCUT2D eigenvalue weighted by Crippen LogP contribution is -2.46. The van der Waals surface area contributed by atoms with E-state index >= 15 is 4.39 Å². The van der Waals surface area contributed by atoms with Crippen molar-refractivity contribution in [3.05, 3.63) is 77.6 Å². The Bertz CT molecular complexity index is 1770. The third kappa shape index (κ3) is 4.93. The largest absolute Gasteiger partial charge is 0.433 e. The molecule has 41 heavy (non-hydrogen) atoms. The maximum Gasteiger partial charge on any atom is 0.227 e. The van der Waals surface area contributed by atoms with Gasteiger partial charge < -0.3 is 19.4 Å². The molecule has 2 aromatic heterocycles. The molecule has 0 amide bonds. The Kier molecular flexibility index (Phi) is 6.24. The molecule has 2 fully saturated rings. The monoisotopic (exact) mass is 555 g/mol. The van der Waals surface area contributed by atoms with Crippen LogP contribution in [0.1, 0.15) is 62.1 Å². The van der Waals surface area contributed by atoms with Crippen molar-refractivity contribution in [2.45, 2.75) is 56.6 Å². The van der Waals surface area contributed by atoms with Gasteiger partial charge in [-0.25, -0.2) is 13.8 Å². The summed E-state index contributed by atoms with van der Waals surface area (Å²) in [6.45, 7) is 2.42. The molecule has 0 spiro atoms. The van der Waals surface area contributed by atoms with Gasteiger partial charge in [0.15, 0.2) is 17.2 Å². The number of hydrogen-bond acceptors (Lipinski definition) is 6. The summed E-state index contributed by atoms with van der Waals surface area (Å²) in [5.74, 6) is 0.473. The van der Waals surface area contributed by atoms with Gasteiger partial charge in [0.05, 0.1) is 5.60 Å². The van der Waals surface area contributed by atoms with Crippen molar-refractivity contribution in [2.75, 3.05) is 6.54 Å². The van der Waals surface area contributed by atoms with Crippen LogP contribution in [0.5, 0.6) is 0 Å². The van der Waals surface area contributed by atoms with Gasteiger partial charge in [0.25, 0.3) is 0 Å². The minimum atomic E-state index is -0.667. The highest BCUT2D eigenvalue weighted by molar-refractivity contribution is 5.84. The Labute approximate surface area is 236 Å². The first-order valence-electron chi connectivity index (χ1n) is 14.1. The number of nitrogens with one attached hydrogen (secondary N) is 1. The van der Waals surface area contributed by atoms with Crippen LogP contribution in [0.15, 0.2) is 59.3 Å². The van der Waals surface area contributed by atoms with Gasteiger partial charge in [0, 0.05) is 30.8 Å². The average molecular weight is 556 g/mol. The van der Waals surface area contributed by atoms with E-state index in [0.29, 0.717) is 35.3 Å². The molecule has 2 heterocycles. The van der Waals surface area contributed by atoms with Crippen molar-refractivity contribution in [2.24, 2.45) is 7.05 Å². The zero-order valence-electron chi connectivity index (χ0n) is 23.0. The zero-order valence-corrected chi connectivity index (χ0v) is 23.0. The quantitative estimate of drug-likeness (QED) is 0.222. The molecule has 1 atom stereocenters. The molecule has 9 heteroatoms. The predicted octanol–water partition coefficient (Wildman–Crippen LogP) is 6.68. The normalized spacial score (nSPS) is 17.1. The number of aliphatic hydroxyl groups is 1. The standard InChI is InChI=1S/C32H31F2N5O2/c1-18(35-16-32(40)8-3-9-32)20-13-27(34)29-28(14-20)37-31(41-29)23-11-21(19-4-5-19)10-22(12-23)25-7-6-24(33)15-26(25)30-38-36-17-39(30)2/h6-7,10-15,17-19,35,40H,3-5,8-9,16H2,1-2H3/t18-/m0/s1. The molecule has 2 N–H and O–H groups in total. The van der Waals surface area contributed by atoms with Gasteiger partial charge in [0.1, 0.15) is 17.7 Å². The minimum absolute atomic E-state index is 0.105. The smallest absolute Gasteiger partial charge is 0.227 e. The Morgan fingerprint density at radius 2 is 1.88 bits per heavy atom. The number of halogens is 2. The third-order valence-electron chi connectivity index (χ3n) is 8.48. The summed E-state index contributed by atoms with van der Waals surface area (Å²) in [5, 5.41) is 22.0. The summed E-state index contributed by atoms with van der Waals surface area (Å²) >= 11 is 0. The topological polar surface area (TPSA) is 89.0 Å². The van der Waals surface area contributed by atoms with Crippen LogP contribution in [-0.2, 0) is 7.05 Å². The van der Waals surface area contributed by atoms with Gasteiger partial charge in [-0.15, -0.1) is 10.2 Å². The van der Waals surface area contributed by atoms with E-state index in [2.05, 4.69) is 27.6 Å². The molecule has 0 bridgehead atoms. The number of benzene rings is 3. The van der Waals surface area contributed by atoms with Crippen LogP contribution in [0.2, 0.25) is 0 Å². The zero-order chi connectivity index (χ0) is 28.3. The second-order valence-electron chi connectivity index (χ2n) is 11.6. The number of rotatable bonds is 8. The van der Waals surface area contributed by atoms with E-state index < -0.39 is 11.4 Å². The van der Waals surface area contributed by atoms with Crippen LogP contribution in [0.3, 0.4) is 0 Å². The second-order valence-corrected chi connectivity index (χ2v) is 11.6. The fraction of sp³-hybridized carbons (Fsp3) is 0.344. The fourth-order valence-corrected chi connectivity index (χ4v) is 5.67. The molecule has 0 saturated heterocycles. The van der Waals surface area contributed by atoms with E-state index in [0.717, 1.165) is 59.9 Å². The molecule has 2 aliphatic rings. The Morgan fingerprint density at radius 1 is 1.07 bits per heavy atom. The van der Waals surface area contributed by atoms with Gasteiger partial charge in [-0.1, -0.05) is 12.1 Å². The van der Waals surface area contributed by atoms with Crippen LogP contribution in [0.25, 0.3) is 45.1 Å². The molecular formula is C32H31F2N5O2. The molecule has 0 unspecified atom stereocenters. The summed E-state index contributed by atoms with van der Waals surface area (Å²) in [6.07, 6.45) is 6.37. The van der Waals surface area contributed by atoms with Crippen molar-refractivity contribution in [1.82, 2.24) is 25.1 Å². The van der Waals surface area contributed by atoms with E-state index in [-0.39, 0.29) is 17.4 Å². The van der Waals surface area contributed by atoms with Crippen LogP contribution in [0, 0.1) is 11.6 Å².